The standard InChI is InChI=1S/C15H21BrN2O3/c1-10(2)7-13-9-12(5-6-21-13)17-14-4-3-11(16)8-15(14)18(19)20/h3-4,8,10,12-13,17H,5-7,9H2,1-2H3. The number of hydrogen-bond acceptors (Lipinski definition) is 4. The van der Waals surface area contributed by atoms with Gasteiger partial charge in [0, 0.05) is 23.2 Å². The lowest BCUT2D eigenvalue weighted by Gasteiger charge is -2.31. The zero-order valence-corrected chi connectivity index (χ0v) is 13.9. The molecular weight excluding hydrogens is 336 g/mol. The highest BCUT2D eigenvalue weighted by atomic mass is 79.9. The second-order valence-corrected chi connectivity index (χ2v) is 6.82. The number of rotatable bonds is 5. The molecule has 0 aliphatic carbocycles. The Kier molecular flexibility index (Phi) is 5.58. The summed E-state index contributed by atoms with van der Waals surface area (Å²) in [7, 11) is 0. The van der Waals surface area contributed by atoms with Crippen LogP contribution in [0.15, 0.2) is 22.7 Å². The van der Waals surface area contributed by atoms with Crippen molar-refractivity contribution in [1.29, 1.82) is 0 Å². The van der Waals surface area contributed by atoms with Crippen LogP contribution in [0.1, 0.15) is 33.1 Å². The number of nitrogens with one attached hydrogen (secondary N) is 1. The average molecular weight is 357 g/mol. The highest BCUT2D eigenvalue weighted by Crippen LogP contribution is 2.30. The Balaban J connectivity index is 2.06. The van der Waals surface area contributed by atoms with Crippen molar-refractivity contribution < 1.29 is 9.66 Å². The molecule has 2 atom stereocenters. The minimum Gasteiger partial charge on any atom is -0.378 e. The van der Waals surface area contributed by atoms with Gasteiger partial charge in [-0.2, -0.15) is 0 Å². The molecule has 21 heavy (non-hydrogen) atoms. The van der Waals surface area contributed by atoms with Crippen LogP contribution >= 0.6 is 15.9 Å². The molecule has 116 valence electrons. The number of hydrogen-bond donors (Lipinski definition) is 1. The molecule has 0 aromatic heterocycles. The van der Waals surface area contributed by atoms with E-state index >= 15 is 0 Å². The van der Waals surface area contributed by atoms with E-state index in [1.807, 2.05) is 6.07 Å². The lowest BCUT2D eigenvalue weighted by Crippen LogP contribution is -2.34. The Bertz CT molecular complexity index is 508. The Hall–Kier alpha value is -1.14. The Morgan fingerprint density at radius 1 is 1.52 bits per heavy atom. The largest absolute Gasteiger partial charge is 0.378 e. The van der Waals surface area contributed by atoms with Gasteiger partial charge in [-0.25, -0.2) is 0 Å². The van der Waals surface area contributed by atoms with E-state index in [2.05, 4.69) is 35.1 Å². The molecular formula is C15H21BrN2O3. The lowest BCUT2D eigenvalue weighted by atomic mass is 9.96. The van der Waals surface area contributed by atoms with Gasteiger partial charge in [-0.3, -0.25) is 10.1 Å². The summed E-state index contributed by atoms with van der Waals surface area (Å²) in [6.45, 7) is 5.07. The first-order valence-corrected chi connectivity index (χ1v) is 8.07. The number of nitro groups is 1. The Labute approximate surface area is 133 Å². The van der Waals surface area contributed by atoms with Gasteiger partial charge in [0.15, 0.2) is 0 Å². The number of anilines is 1. The zero-order valence-electron chi connectivity index (χ0n) is 12.3. The van der Waals surface area contributed by atoms with E-state index in [4.69, 9.17) is 4.74 Å². The second-order valence-electron chi connectivity index (χ2n) is 5.91. The zero-order chi connectivity index (χ0) is 15.4. The summed E-state index contributed by atoms with van der Waals surface area (Å²) in [5.41, 5.74) is 0.690. The molecule has 0 amide bonds. The van der Waals surface area contributed by atoms with Crippen LogP contribution in [0.5, 0.6) is 0 Å². The fraction of sp³-hybridized carbons (Fsp3) is 0.600. The van der Waals surface area contributed by atoms with Gasteiger partial charge in [-0.05, 0) is 37.3 Å². The number of halogens is 1. The first-order valence-electron chi connectivity index (χ1n) is 7.27. The van der Waals surface area contributed by atoms with Crippen LogP contribution in [0.3, 0.4) is 0 Å². The third kappa shape index (κ3) is 4.68. The predicted octanol–water partition coefficient (Wildman–Crippen LogP) is 4.36. The van der Waals surface area contributed by atoms with Gasteiger partial charge in [0.2, 0.25) is 0 Å². The molecule has 1 fully saturated rings. The molecule has 6 heteroatoms. The quantitative estimate of drug-likeness (QED) is 0.628. The van der Waals surface area contributed by atoms with E-state index in [0.717, 1.165) is 19.3 Å². The maximum atomic E-state index is 11.1. The van der Waals surface area contributed by atoms with Gasteiger partial charge in [0.05, 0.1) is 11.0 Å². The topological polar surface area (TPSA) is 64.4 Å². The molecule has 0 saturated carbocycles. The molecule has 0 radical (unpaired) electrons. The molecule has 5 nitrogen and oxygen atoms in total. The summed E-state index contributed by atoms with van der Waals surface area (Å²) < 4.78 is 6.48. The van der Waals surface area contributed by atoms with Gasteiger partial charge >= 0.3 is 0 Å². The highest BCUT2D eigenvalue weighted by molar-refractivity contribution is 9.10. The van der Waals surface area contributed by atoms with E-state index < -0.39 is 0 Å². The van der Waals surface area contributed by atoms with Gasteiger partial charge < -0.3 is 10.1 Å². The predicted molar refractivity (Wildman–Crippen MR) is 86.6 cm³/mol. The summed E-state index contributed by atoms with van der Waals surface area (Å²) in [6, 6.07) is 5.34. The van der Waals surface area contributed by atoms with E-state index in [1.165, 1.54) is 6.07 Å². The normalized spacial score (nSPS) is 22.3. The van der Waals surface area contributed by atoms with Crippen LogP contribution in [0.4, 0.5) is 11.4 Å². The molecule has 0 spiro atoms. The maximum Gasteiger partial charge on any atom is 0.293 e. The summed E-state index contributed by atoms with van der Waals surface area (Å²) in [6.07, 6.45) is 3.04. The number of nitrogens with zero attached hydrogens (tertiary/aromatic N) is 1. The molecule has 1 aromatic carbocycles. The maximum absolute atomic E-state index is 11.1. The summed E-state index contributed by atoms with van der Waals surface area (Å²) in [5, 5.41) is 14.5. The van der Waals surface area contributed by atoms with Gasteiger partial charge in [0.25, 0.3) is 5.69 Å². The SMILES string of the molecule is CC(C)CC1CC(Nc2ccc(Br)cc2[N+](=O)[O-])CCO1. The van der Waals surface area contributed by atoms with Crippen molar-refractivity contribution in [2.45, 2.75) is 45.3 Å². The van der Waals surface area contributed by atoms with Crippen LogP contribution in [0.25, 0.3) is 0 Å². The molecule has 1 N–H and O–H groups in total. The molecule has 2 rings (SSSR count). The van der Waals surface area contributed by atoms with E-state index in [0.29, 0.717) is 22.7 Å². The molecule has 1 heterocycles. The third-order valence-electron chi connectivity index (χ3n) is 3.62. The Morgan fingerprint density at radius 2 is 2.29 bits per heavy atom. The fourth-order valence-corrected chi connectivity index (χ4v) is 3.05. The Morgan fingerprint density at radius 3 is 2.95 bits per heavy atom. The molecule has 1 aliphatic rings. The van der Waals surface area contributed by atoms with Gasteiger partial charge in [-0.15, -0.1) is 0 Å². The van der Waals surface area contributed by atoms with Crippen LogP contribution < -0.4 is 5.32 Å². The molecule has 1 saturated heterocycles. The number of nitro benzene ring substituents is 1. The van der Waals surface area contributed by atoms with Crippen molar-refractivity contribution >= 4 is 27.3 Å². The smallest absolute Gasteiger partial charge is 0.293 e. The number of benzene rings is 1. The summed E-state index contributed by atoms with van der Waals surface area (Å²) in [4.78, 5) is 10.8. The highest BCUT2D eigenvalue weighted by Gasteiger charge is 2.25. The fourth-order valence-electron chi connectivity index (χ4n) is 2.70. The summed E-state index contributed by atoms with van der Waals surface area (Å²) in [5.74, 6) is 0.593. The number of ether oxygens (including phenoxy) is 1. The monoisotopic (exact) mass is 356 g/mol. The third-order valence-corrected chi connectivity index (χ3v) is 4.11. The molecule has 1 aliphatic heterocycles. The molecule has 0 bridgehead atoms. The average Bonchev–Trinajstić information content (AvgIpc) is 2.40. The first-order chi connectivity index (χ1) is 9.95. The molecule has 1 aromatic rings. The van der Waals surface area contributed by atoms with Crippen LogP contribution in [0, 0.1) is 16.0 Å². The molecule has 2 unspecified atom stereocenters. The van der Waals surface area contributed by atoms with Crippen LogP contribution in [0.2, 0.25) is 0 Å². The van der Waals surface area contributed by atoms with E-state index in [1.54, 1.807) is 6.07 Å². The minimum atomic E-state index is -0.349. The van der Waals surface area contributed by atoms with Crippen molar-refractivity contribution in [1.82, 2.24) is 0 Å². The van der Waals surface area contributed by atoms with Crippen molar-refractivity contribution in [3.8, 4) is 0 Å². The van der Waals surface area contributed by atoms with Crippen molar-refractivity contribution in [2.24, 2.45) is 5.92 Å². The van der Waals surface area contributed by atoms with Crippen molar-refractivity contribution in [2.75, 3.05) is 11.9 Å². The lowest BCUT2D eigenvalue weighted by molar-refractivity contribution is -0.384. The summed E-state index contributed by atoms with van der Waals surface area (Å²) >= 11 is 3.27. The van der Waals surface area contributed by atoms with Crippen LogP contribution in [-0.4, -0.2) is 23.7 Å². The van der Waals surface area contributed by atoms with Crippen LogP contribution in [-0.2, 0) is 4.74 Å². The second kappa shape index (κ2) is 7.22. The minimum absolute atomic E-state index is 0.108. The first kappa shape index (κ1) is 16.2. The van der Waals surface area contributed by atoms with Gasteiger partial charge in [-0.1, -0.05) is 29.8 Å². The van der Waals surface area contributed by atoms with Crippen molar-refractivity contribution in [3.63, 3.8) is 0 Å². The van der Waals surface area contributed by atoms with E-state index in [-0.39, 0.29) is 22.8 Å². The van der Waals surface area contributed by atoms with Crippen molar-refractivity contribution in [3.05, 3.63) is 32.8 Å². The van der Waals surface area contributed by atoms with Gasteiger partial charge in [0.1, 0.15) is 5.69 Å². The van der Waals surface area contributed by atoms with E-state index in [9.17, 15) is 10.1 Å².